The van der Waals surface area contributed by atoms with Crippen LogP contribution in [0.2, 0.25) is 0 Å². The average Bonchev–Trinajstić information content (AvgIpc) is 2.96. The molecule has 1 fully saturated rings. The third kappa shape index (κ3) is 4.06. The Morgan fingerprint density at radius 2 is 1.83 bits per heavy atom. The van der Waals surface area contributed by atoms with Gasteiger partial charge in [0.1, 0.15) is 11.5 Å². The van der Waals surface area contributed by atoms with Crippen molar-refractivity contribution in [2.45, 2.75) is 13.0 Å². The predicted octanol–water partition coefficient (Wildman–Crippen LogP) is 3.83. The molecule has 152 valence electrons. The van der Waals surface area contributed by atoms with Crippen molar-refractivity contribution >= 4 is 33.4 Å². The van der Waals surface area contributed by atoms with Crippen LogP contribution in [-0.2, 0) is 14.3 Å². The van der Waals surface area contributed by atoms with Gasteiger partial charge in [0, 0.05) is 23.7 Å². The summed E-state index contributed by atoms with van der Waals surface area (Å²) in [7, 11) is 3.09. The largest absolute Gasteiger partial charge is 0.507 e. The van der Waals surface area contributed by atoms with E-state index in [0.717, 1.165) is 15.6 Å². The molecule has 3 rings (SSSR count). The third-order valence-corrected chi connectivity index (χ3v) is 5.48. The van der Waals surface area contributed by atoms with Crippen LogP contribution in [0.1, 0.15) is 22.7 Å². The molecule has 1 aliphatic rings. The Labute approximate surface area is 177 Å². The summed E-state index contributed by atoms with van der Waals surface area (Å²) < 4.78 is 11.2. The summed E-state index contributed by atoms with van der Waals surface area (Å²) in [6, 6.07) is 11.8. The molecule has 0 aliphatic carbocycles. The van der Waals surface area contributed by atoms with Crippen LogP contribution in [0, 0.1) is 6.92 Å². The zero-order chi connectivity index (χ0) is 21.1. The smallest absolute Gasteiger partial charge is 0.295 e. The molecule has 1 heterocycles. The van der Waals surface area contributed by atoms with Gasteiger partial charge in [0.15, 0.2) is 0 Å². The zero-order valence-corrected chi connectivity index (χ0v) is 18.0. The number of Topliss-reactive ketones (excluding diaryl/α,β-unsaturated/α-hetero) is 1. The Hall–Kier alpha value is -2.64. The molecular weight excluding hydrogens is 438 g/mol. The molecule has 1 atom stereocenters. The molecule has 7 heteroatoms. The summed E-state index contributed by atoms with van der Waals surface area (Å²) in [6.45, 7) is 2.33. The second-order valence-electron chi connectivity index (χ2n) is 6.72. The van der Waals surface area contributed by atoms with E-state index in [4.69, 9.17) is 9.47 Å². The maximum atomic E-state index is 12.9. The van der Waals surface area contributed by atoms with Gasteiger partial charge in [-0.25, -0.2) is 0 Å². The van der Waals surface area contributed by atoms with Gasteiger partial charge in [-0.1, -0.05) is 28.1 Å². The first kappa shape index (κ1) is 21.1. The van der Waals surface area contributed by atoms with Crippen molar-refractivity contribution in [3.05, 3.63) is 69.2 Å². The van der Waals surface area contributed by atoms with Gasteiger partial charge in [0.2, 0.25) is 0 Å². The molecule has 0 radical (unpaired) electrons. The van der Waals surface area contributed by atoms with Gasteiger partial charge < -0.3 is 19.5 Å². The van der Waals surface area contributed by atoms with Crippen LogP contribution in [0.25, 0.3) is 5.76 Å². The molecular formula is C22H22BrNO5. The van der Waals surface area contributed by atoms with E-state index in [2.05, 4.69) is 15.9 Å². The van der Waals surface area contributed by atoms with E-state index in [-0.39, 0.29) is 24.5 Å². The van der Waals surface area contributed by atoms with Crippen LogP contribution >= 0.6 is 15.9 Å². The number of aryl methyl sites for hydroxylation is 1. The maximum Gasteiger partial charge on any atom is 0.295 e. The minimum absolute atomic E-state index is 0.0710. The molecule has 2 aromatic carbocycles. The Kier molecular flexibility index (Phi) is 6.39. The van der Waals surface area contributed by atoms with Crippen LogP contribution < -0.4 is 4.74 Å². The molecule has 0 bridgehead atoms. The quantitative estimate of drug-likeness (QED) is 0.403. The number of carbonyl (C=O) groups is 2. The van der Waals surface area contributed by atoms with Crippen LogP contribution in [0.5, 0.6) is 5.75 Å². The van der Waals surface area contributed by atoms with Crippen molar-refractivity contribution in [3.8, 4) is 5.75 Å². The van der Waals surface area contributed by atoms with Crippen molar-refractivity contribution < 1.29 is 24.2 Å². The van der Waals surface area contributed by atoms with Crippen molar-refractivity contribution in [2.75, 3.05) is 27.4 Å². The van der Waals surface area contributed by atoms with Crippen molar-refractivity contribution in [2.24, 2.45) is 0 Å². The number of likely N-dealkylation sites (tertiary alicyclic amines) is 1. The number of nitrogens with zero attached hydrogens (tertiary/aromatic N) is 1. The highest BCUT2D eigenvalue weighted by Gasteiger charge is 2.45. The lowest BCUT2D eigenvalue weighted by Crippen LogP contribution is -2.32. The van der Waals surface area contributed by atoms with Crippen molar-refractivity contribution in [1.82, 2.24) is 4.90 Å². The topological polar surface area (TPSA) is 76.1 Å². The molecule has 1 N–H and O–H groups in total. The normalized spacial score (nSPS) is 18.3. The number of methoxy groups -OCH3 is 2. The second-order valence-corrected chi connectivity index (χ2v) is 7.63. The fraction of sp³-hybridized carbons (Fsp3) is 0.273. The number of carbonyl (C=O) groups excluding carboxylic acids is 2. The SMILES string of the molecule is COCCN1C(=O)C(=O)/C(=C(/O)c2ccc(OC)cc2C)C1c1ccc(Br)cc1. The predicted molar refractivity (Wildman–Crippen MR) is 113 cm³/mol. The van der Waals surface area contributed by atoms with E-state index in [1.807, 2.05) is 31.2 Å². The van der Waals surface area contributed by atoms with Crippen LogP contribution in [0.4, 0.5) is 0 Å². The molecule has 1 unspecified atom stereocenters. The number of hydrogen-bond acceptors (Lipinski definition) is 5. The summed E-state index contributed by atoms with van der Waals surface area (Å²) in [5.74, 6) is -0.912. The summed E-state index contributed by atoms with van der Waals surface area (Å²) in [6.07, 6.45) is 0. The minimum atomic E-state index is -0.707. The lowest BCUT2D eigenvalue weighted by Gasteiger charge is -2.25. The lowest BCUT2D eigenvalue weighted by atomic mass is 9.94. The van der Waals surface area contributed by atoms with E-state index in [9.17, 15) is 14.7 Å². The number of rotatable bonds is 6. The summed E-state index contributed by atoms with van der Waals surface area (Å²) in [5, 5.41) is 11.1. The van der Waals surface area contributed by atoms with E-state index < -0.39 is 17.7 Å². The first-order chi connectivity index (χ1) is 13.9. The van der Waals surface area contributed by atoms with Crippen molar-refractivity contribution in [1.29, 1.82) is 0 Å². The third-order valence-electron chi connectivity index (χ3n) is 4.95. The highest BCUT2D eigenvalue weighted by atomic mass is 79.9. The molecule has 6 nitrogen and oxygen atoms in total. The Balaban J connectivity index is 2.17. The summed E-state index contributed by atoms with van der Waals surface area (Å²) in [4.78, 5) is 27.1. The summed E-state index contributed by atoms with van der Waals surface area (Å²) in [5.41, 5.74) is 2.02. The number of ketones is 1. The van der Waals surface area contributed by atoms with Gasteiger partial charge in [-0.15, -0.1) is 0 Å². The van der Waals surface area contributed by atoms with Gasteiger partial charge in [-0.05, 0) is 48.4 Å². The second kappa shape index (κ2) is 8.80. The molecule has 29 heavy (non-hydrogen) atoms. The van der Waals surface area contributed by atoms with E-state index in [0.29, 0.717) is 11.3 Å². The fourth-order valence-electron chi connectivity index (χ4n) is 3.47. The Morgan fingerprint density at radius 3 is 2.41 bits per heavy atom. The number of hydrogen-bond donors (Lipinski definition) is 1. The number of halogens is 1. The van der Waals surface area contributed by atoms with Crippen molar-refractivity contribution in [3.63, 3.8) is 0 Å². The van der Waals surface area contributed by atoms with Gasteiger partial charge in [0.25, 0.3) is 11.7 Å². The van der Waals surface area contributed by atoms with Crippen LogP contribution in [0.3, 0.4) is 0 Å². The number of aliphatic hydroxyl groups is 1. The number of ether oxygens (including phenoxy) is 2. The Bertz CT molecular complexity index is 968. The van der Waals surface area contributed by atoms with E-state index >= 15 is 0 Å². The fourth-order valence-corrected chi connectivity index (χ4v) is 3.73. The monoisotopic (exact) mass is 459 g/mol. The molecule has 0 saturated carbocycles. The molecule has 1 aliphatic heterocycles. The van der Waals surface area contributed by atoms with Gasteiger partial charge >= 0.3 is 0 Å². The first-order valence-corrected chi connectivity index (χ1v) is 9.86. The molecule has 2 aromatic rings. The lowest BCUT2D eigenvalue weighted by molar-refractivity contribution is -0.140. The number of aliphatic hydroxyl groups excluding tert-OH is 1. The minimum Gasteiger partial charge on any atom is -0.507 e. The van der Waals surface area contributed by atoms with Gasteiger partial charge in [0.05, 0.1) is 25.3 Å². The highest BCUT2D eigenvalue weighted by molar-refractivity contribution is 9.10. The molecule has 1 saturated heterocycles. The maximum absolute atomic E-state index is 12.9. The van der Waals surface area contributed by atoms with Gasteiger partial charge in [-0.3, -0.25) is 9.59 Å². The number of amides is 1. The molecule has 0 spiro atoms. The molecule has 0 aromatic heterocycles. The Morgan fingerprint density at radius 1 is 1.14 bits per heavy atom. The molecule has 1 amide bonds. The van der Waals surface area contributed by atoms with Crippen LogP contribution in [-0.4, -0.2) is 49.1 Å². The van der Waals surface area contributed by atoms with Crippen LogP contribution in [0.15, 0.2) is 52.5 Å². The number of benzene rings is 2. The highest BCUT2D eigenvalue weighted by Crippen LogP contribution is 2.40. The first-order valence-electron chi connectivity index (χ1n) is 9.06. The summed E-state index contributed by atoms with van der Waals surface area (Å²) >= 11 is 3.40. The van der Waals surface area contributed by atoms with E-state index in [1.165, 1.54) is 12.0 Å². The zero-order valence-electron chi connectivity index (χ0n) is 16.4. The van der Waals surface area contributed by atoms with E-state index in [1.54, 1.807) is 25.3 Å². The van der Waals surface area contributed by atoms with Gasteiger partial charge in [-0.2, -0.15) is 0 Å². The average molecular weight is 460 g/mol. The standard InChI is InChI=1S/C22H22BrNO5/c1-13-12-16(29-3)8-9-17(13)20(25)18-19(14-4-6-15(23)7-5-14)24(10-11-28-2)22(27)21(18)26/h4-9,12,19,25H,10-11H2,1-3H3/b20-18+.